The molecule has 0 spiro atoms. The van der Waals surface area contributed by atoms with Gasteiger partial charge in [0.25, 0.3) is 0 Å². The lowest BCUT2D eigenvalue weighted by atomic mass is 9.82. The van der Waals surface area contributed by atoms with E-state index in [1.807, 2.05) is 48.5 Å². The molecule has 1 aliphatic rings. The van der Waals surface area contributed by atoms with E-state index >= 15 is 0 Å². The summed E-state index contributed by atoms with van der Waals surface area (Å²) in [4.78, 5) is 8.24. The van der Waals surface area contributed by atoms with Crippen LogP contribution in [0.3, 0.4) is 0 Å². The maximum absolute atomic E-state index is 13.2. The van der Waals surface area contributed by atoms with Crippen LogP contribution in [-0.4, -0.2) is 38.6 Å². The van der Waals surface area contributed by atoms with Gasteiger partial charge in [-0.1, -0.05) is 18.2 Å². The number of ether oxygens (including phenoxy) is 1. The minimum atomic E-state index is -5.15. The zero-order valence-electron chi connectivity index (χ0n) is 24.5. The Hall–Kier alpha value is -4.11. The molecular formula is C31H31F6N5O3S. The first-order valence-electron chi connectivity index (χ1n) is 14.4. The second-order valence-corrected chi connectivity index (χ2v) is 12.9. The molecule has 0 atom stereocenters. The van der Waals surface area contributed by atoms with Crippen molar-refractivity contribution in [3.8, 4) is 5.75 Å². The summed E-state index contributed by atoms with van der Waals surface area (Å²) < 4.78 is 112. The molecule has 0 aliphatic heterocycles. The minimum absolute atomic E-state index is 0.102. The summed E-state index contributed by atoms with van der Waals surface area (Å²) in [5.74, 6) is 1.82. The van der Waals surface area contributed by atoms with E-state index in [0.29, 0.717) is 36.9 Å². The van der Waals surface area contributed by atoms with E-state index in [1.165, 1.54) is 0 Å². The number of anilines is 3. The van der Waals surface area contributed by atoms with Crippen molar-refractivity contribution in [1.82, 2.24) is 14.7 Å². The molecule has 3 N–H and O–H groups in total. The van der Waals surface area contributed by atoms with Crippen LogP contribution in [0.25, 0.3) is 10.9 Å². The Balaban J connectivity index is 1.19. The normalized spacial score (nSPS) is 17.5. The van der Waals surface area contributed by atoms with Crippen molar-refractivity contribution in [2.75, 3.05) is 30.8 Å². The van der Waals surface area contributed by atoms with E-state index < -0.39 is 38.4 Å². The number of halogens is 6. The monoisotopic (exact) mass is 667 g/mol. The first kappa shape index (κ1) is 33.3. The van der Waals surface area contributed by atoms with E-state index in [4.69, 9.17) is 4.74 Å². The second kappa shape index (κ2) is 13.3. The van der Waals surface area contributed by atoms with Crippen molar-refractivity contribution < 1.29 is 39.5 Å². The minimum Gasteiger partial charge on any atom is -0.497 e. The van der Waals surface area contributed by atoms with Crippen molar-refractivity contribution >= 4 is 38.4 Å². The number of alkyl halides is 6. The predicted octanol–water partition coefficient (Wildman–Crippen LogP) is 7.62. The van der Waals surface area contributed by atoms with Gasteiger partial charge in [0.2, 0.25) is 16.0 Å². The van der Waals surface area contributed by atoms with Gasteiger partial charge in [0.1, 0.15) is 11.6 Å². The van der Waals surface area contributed by atoms with E-state index in [-0.39, 0.29) is 36.6 Å². The van der Waals surface area contributed by atoms with Gasteiger partial charge in [-0.3, -0.25) is 0 Å². The van der Waals surface area contributed by atoms with Gasteiger partial charge in [-0.05, 0) is 80.0 Å². The van der Waals surface area contributed by atoms with Crippen LogP contribution in [0, 0.1) is 11.8 Å². The largest absolute Gasteiger partial charge is 0.497 e. The van der Waals surface area contributed by atoms with Crippen LogP contribution in [-0.2, 0) is 22.4 Å². The van der Waals surface area contributed by atoms with Gasteiger partial charge in [-0.2, -0.15) is 31.3 Å². The Morgan fingerprint density at radius 2 is 1.43 bits per heavy atom. The number of hydrogen-bond acceptors (Lipinski definition) is 7. The van der Waals surface area contributed by atoms with Crippen molar-refractivity contribution in [2.45, 2.75) is 42.9 Å². The third-order valence-electron chi connectivity index (χ3n) is 7.88. The predicted molar refractivity (Wildman–Crippen MR) is 161 cm³/mol. The van der Waals surface area contributed by atoms with Crippen LogP contribution >= 0.6 is 0 Å². The molecule has 3 aromatic carbocycles. The van der Waals surface area contributed by atoms with Crippen molar-refractivity contribution in [1.29, 1.82) is 0 Å². The summed E-state index contributed by atoms with van der Waals surface area (Å²) >= 11 is 0. The van der Waals surface area contributed by atoms with Gasteiger partial charge in [0.15, 0.2) is 0 Å². The zero-order valence-corrected chi connectivity index (χ0v) is 25.4. The Kier molecular flexibility index (Phi) is 9.63. The molecule has 246 valence electrons. The summed E-state index contributed by atoms with van der Waals surface area (Å²) in [6.45, 7) is 0.451. The van der Waals surface area contributed by atoms with Crippen LogP contribution in [0.4, 0.5) is 43.8 Å². The zero-order chi connectivity index (χ0) is 33.1. The average molecular weight is 668 g/mol. The van der Waals surface area contributed by atoms with E-state index in [0.717, 1.165) is 29.4 Å². The number of rotatable bonds is 10. The van der Waals surface area contributed by atoms with E-state index in [2.05, 4.69) is 25.3 Å². The van der Waals surface area contributed by atoms with Gasteiger partial charge in [-0.15, -0.1) is 0 Å². The summed E-state index contributed by atoms with van der Waals surface area (Å²) in [6.07, 6.45) is -7.61. The molecule has 1 aromatic heterocycles. The molecule has 1 aliphatic carbocycles. The van der Waals surface area contributed by atoms with Gasteiger partial charge in [0, 0.05) is 30.2 Å². The van der Waals surface area contributed by atoms with Crippen LogP contribution in [0.15, 0.2) is 71.6 Å². The van der Waals surface area contributed by atoms with Gasteiger partial charge in [0.05, 0.1) is 28.6 Å². The van der Waals surface area contributed by atoms with Crippen molar-refractivity contribution in [2.24, 2.45) is 11.8 Å². The van der Waals surface area contributed by atoms with Gasteiger partial charge in [-0.25, -0.2) is 18.1 Å². The number of benzene rings is 3. The average Bonchev–Trinajstić information content (AvgIpc) is 3.02. The van der Waals surface area contributed by atoms with Crippen molar-refractivity contribution in [3.05, 3.63) is 77.9 Å². The molecule has 0 amide bonds. The number of para-hydroxylation sites is 1. The molecule has 1 saturated carbocycles. The smallest absolute Gasteiger partial charge is 0.416 e. The molecule has 4 aromatic rings. The molecule has 0 bridgehead atoms. The fourth-order valence-corrected chi connectivity index (χ4v) is 6.54. The molecule has 0 unspecified atom stereocenters. The fraction of sp³-hybridized carbons (Fsp3) is 0.355. The molecule has 0 saturated heterocycles. The van der Waals surface area contributed by atoms with Crippen molar-refractivity contribution in [3.63, 3.8) is 0 Å². The number of nitrogens with zero attached hydrogens (tertiary/aromatic N) is 2. The summed E-state index contributed by atoms with van der Waals surface area (Å²) in [6, 6.07) is 15.3. The maximum atomic E-state index is 13.2. The maximum Gasteiger partial charge on any atom is 0.416 e. The molecule has 1 heterocycles. The van der Waals surface area contributed by atoms with Gasteiger partial charge < -0.3 is 15.4 Å². The first-order chi connectivity index (χ1) is 21.7. The number of hydrogen-bond donors (Lipinski definition) is 3. The summed E-state index contributed by atoms with van der Waals surface area (Å²) in [5.41, 5.74) is -1.84. The first-order valence-corrected chi connectivity index (χ1v) is 15.9. The van der Waals surface area contributed by atoms with E-state index in [1.54, 1.807) is 7.11 Å². The quantitative estimate of drug-likeness (QED) is 0.150. The number of aromatic nitrogens is 2. The molecule has 8 nitrogen and oxygen atoms in total. The number of nitrogens with one attached hydrogen (secondary N) is 3. The fourth-order valence-electron chi connectivity index (χ4n) is 5.36. The number of methoxy groups -OCH3 is 1. The van der Waals surface area contributed by atoms with Crippen LogP contribution in [0.2, 0.25) is 0 Å². The Morgan fingerprint density at radius 3 is 2.07 bits per heavy atom. The van der Waals surface area contributed by atoms with E-state index in [9.17, 15) is 34.8 Å². The third-order valence-corrected chi connectivity index (χ3v) is 9.29. The molecule has 1 fully saturated rings. The summed E-state index contributed by atoms with van der Waals surface area (Å²) in [5, 5.41) is 7.46. The van der Waals surface area contributed by atoms with Gasteiger partial charge >= 0.3 is 12.4 Å². The number of sulfonamides is 1. The molecular weight excluding hydrogens is 636 g/mol. The molecule has 15 heteroatoms. The number of fused-ring (bicyclic) bond motifs is 1. The molecule has 5 rings (SSSR count). The highest BCUT2D eigenvalue weighted by molar-refractivity contribution is 7.89. The topological polar surface area (TPSA) is 105 Å². The Labute approximate surface area is 261 Å². The second-order valence-electron chi connectivity index (χ2n) is 11.1. The summed E-state index contributed by atoms with van der Waals surface area (Å²) in [7, 11) is -3.04. The molecule has 0 radical (unpaired) electrons. The standard InChI is InChI=1S/C31H31F6N5O3S/c1-45-24-6-4-5-23(16-24)40-28-26-7-2-3-8-27(26)41-29(42-28)38-17-19-9-11-20(12-10-19)18-39-46(43,44)25-14-21(30(32,33)34)13-22(15-25)31(35,36)37/h2-8,13-16,19-20,39H,9-12,17-18H2,1H3,(H2,38,40,41,42). The highest BCUT2D eigenvalue weighted by atomic mass is 32.2. The molecule has 46 heavy (non-hydrogen) atoms. The lowest BCUT2D eigenvalue weighted by molar-refractivity contribution is -0.143. The Bertz CT molecular complexity index is 1760. The lowest BCUT2D eigenvalue weighted by Crippen LogP contribution is -2.32. The van der Waals surface area contributed by atoms with Crippen LogP contribution in [0.1, 0.15) is 36.8 Å². The Morgan fingerprint density at radius 1 is 0.804 bits per heavy atom. The van der Waals surface area contributed by atoms with Crippen LogP contribution < -0.4 is 20.1 Å². The highest BCUT2D eigenvalue weighted by Gasteiger charge is 2.38. The third kappa shape index (κ3) is 8.18. The lowest BCUT2D eigenvalue weighted by Gasteiger charge is -2.28. The highest BCUT2D eigenvalue weighted by Crippen LogP contribution is 2.37. The SMILES string of the molecule is COc1cccc(Nc2nc(NCC3CCC(CNS(=O)(=O)c4cc(C(F)(F)F)cc(C(F)(F)F)c4)CC3)nc3ccccc23)c1. The van der Waals surface area contributed by atoms with Crippen LogP contribution in [0.5, 0.6) is 5.75 Å².